The third-order valence-corrected chi connectivity index (χ3v) is 6.31. The summed E-state index contributed by atoms with van der Waals surface area (Å²) in [6.07, 6.45) is 1.67. The van der Waals surface area contributed by atoms with E-state index in [1.807, 2.05) is 12.1 Å². The van der Waals surface area contributed by atoms with E-state index in [0.717, 1.165) is 31.3 Å². The first-order valence-corrected chi connectivity index (χ1v) is 11.3. The van der Waals surface area contributed by atoms with Crippen LogP contribution in [-0.2, 0) is 0 Å². The van der Waals surface area contributed by atoms with Gasteiger partial charge >= 0.3 is 5.91 Å². The molecular formula is C24H21Br2N3O2. The average Bonchev–Trinajstić information content (AvgIpc) is 3.24. The van der Waals surface area contributed by atoms with E-state index in [1.165, 1.54) is 16.8 Å². The van der Waals surface area contributed by atoms with Gasteiger partial charge in [-0.15, -0.1) is 0 Å². The number of carbonyl (C=O) groups excluding carboxylic acids is 1. The molecule has 1 N–H and O–H groups in total. The lowest BCUT2D eigenvalue weighted by atomic mass is 10.1. The van der Waals surface area contributed by atoms with Gasteiger partial charge in [0.05, 0.1) is 16.4 Å². The van der Waals surface area contributed by atoms with Crippen LogP contribution >= 0.6 is 31.9 Å². The Morgan fingerprint density at radius 1 is 1.06 bits per heavy atom. The van der Waals surface area contributed by atoms with Crippen molar-refractivity contribution in [1.82, 2.24) is 9.99 Å². The highest BCUT2D eigenvalue weighted by Crippen LogP contribution is 2.31. The van der Waals surface area contributed by atoms with Crippen LogP contribution in [0.5, 0.6) is 0 Å². The lowest BCUT2D eigenvalue weighted by Gasteiger charge is -2.15. The van der Waals surface area contributed by atoms with E-state index in [1.54, 1.807) is 12.3 Å². The fourth-order valence-corrected chi connectivity index (χ4v) is 5.16. The van der Waals surface area contributed by atoms with Gasteiger partial charge in [-0.25, -0.2) is 5.43 Å². The Balaban J connectivity index is 1.57. The summed E-state index contributed by atoms with van der Waals surface area (Å²) in [4.78, 5) is 12.5. The summed E-state index contributed by atoms with van der Waals surface area (Å²) in [5.74, 6) is -0.203. The molecule has 0 unspecified atom stereocenters. The molecule has 2 heterocycles. The highest BCUT2D eigenvalue weighted by molar-refractivity contribution is 9.11. The van der Waals surface area contributed by atoms with Crippen LogP contribution in [-0.4, -0.2) is 16.7 Å². The first-order valence-electron chi connectivity index (χ1n) is 9.74. The Morgan fingerprint density at radius 3 is 2.48 bits per heavy atom. The maximum Gasteiger partial charge on any atom is 0.307 e. The van der Waals surface area contributed by atoms with Crippen LogP contribution in [0, 0.1) is 27.7 Å². The summed E-state index contributed by atoms with van der Waals surface area (Å²) in [7, 11) is 0. The Labute approximate surface area is 197 Å². The molecule has 0 atom stereocenters. The minimum atomic E-state index is -0.404. The molecule has 4 rings (SSSR count). The van der Waals surface area contributed by atoms with E-state index in [9.17, 15) is 4.79 Å². The van der Waals surface area contributed by atoms with Crippen LogP contribution in [0.4, 0.5) is 0 Å². The summed E-state index contributed by atoms with van der Waals surface area (Å²) in [6, 6.07) is 13.8. The van der Waals surface area contributed by atoms with Crippen molar-refractivity contribution in [3.8, 4) is 5.69 Å². The highest BCUT2D eigenvalue weighted by Gasteiger charge is 2.15. The van der Waals surface area contributed by atoms with Gasteiger partial charge in [0.2, 0.25) is 0 Å². The van der Waals surface area contributed by atoms with Crippen molar-refractivity contribution in [2.45, 2.75) is 27.7 Å². The molecule has 158 valence electrons. The van der Waals surface area contributed by atoms with Gasteiger partial charge in [0, 0.05) is 26.8 Å². The van der Waals surface area contributed by atoms with Gasteiger partial charge in [-0.05, 0) is 79.0 Å². The number of fused-ring (bicyclic) bond motifs is 1. The van der Waals surface area contributed by atoms with Gasteiger partial charge in [-0.1, -0.05) is 34.1 Å². The van der Waals surface area contributed by atoms with E-state index >= 15 is 0 Å². The smallest absolute Gasteiger partial charge is 0.307 e. The summed E-state index contributed by atoms with van der Waals surface area (Å²) in [5.41, 5.74) is 9.89. The number of amides is 1. The monoisotopic (exact) mass is 541 g/mol. The molecule has 0 spiro atoms. The molecule has 4 aromatic rings. The van der Waals surface area contributed by atoms with E-state index in [-0.39, 0.29) is 5.76 Å². The van der Waals surface area contributed by atoms with Crippen LogP contribution in [0.1, 0.15) is 38.6 Å². The molecule has 0 bridgehead atoms. The molecule has 0 saturated heterocycles. The number of benzene rings is 2. The molecule has 31 heavy (non-hydrogen) atoms. The molecule has 7 heteroatoms. The predicted molar refractivity (Wildman–Crippen MR) is 131 cm³/mol. The van der Waals surface area contributed by atoms with Crippen molar-refractivity contribution in [3.05, 3.63) is 85.2 Å². The molecule has 0 aliphatic rings. The fraction of sp³-hybridized carbons (Fsp3) is 0.167. The van der Waals surface area contributed by atoms with Gasteiger partial charge < -0.3 is 8.98 Å². The van der Waals surface area contributed by atoms with Crippen molar-refractivity contribution in [2.24, 2.45) is 5.10 Å². The summed E-state index contributed by atoms with van der Waals surface area (Å²) in [6.45, 7) is 8.34. The number of halogens is 2. The number of hydrazone groups is 1. The van der Waals surface area contributed by atoms with Gasteiger partial charge in [0.1, 0.15) is 5.58 Å². The zero-order chi connectivity index (χ0) is 22.3. The van der Waals surface area contributed by atoms with Crippen LogP contribution < -0.4 is 5.43 Å². The second-order valence-electron chi connectivity index (χ2n) is 7.52. The lowest BCUT2D eigenvalue weighted by molar-refractivity contribution is 0.0929. The first kappa shape index (κ1) is 21.6. The van der Waals surface area contributed by atoms with Crippen LogP contribution in [0.15, 0.2) is 60.9 Å². The maximum atomic E-state index is 12.5. The Bertz CT molecular complexity index is 1330. The van der Waals surface area contributed by atoms with Crippen molar-refractivity contribution < 1.29 is 9.21 Å². The number of hydrogen-bond acceptors (Lipinski definition) is 3. The van der Waals surface area contributed by atoms with E-state index < -0.39 is 5.91 Å². The Kier molecular flexibility index (Phi) is 5.90. The number of furan rings is 1. The van der Waals surface area contributed by atoms with Gasteiger partial charge in [0.25, 0.3) is 0 Å². The largest absolute Gasteiger partial charge is 0.450 e. The van der Waals surface area contributed by atoms with Crippen LogP contribution in [0.25, 0.3) is 16.7 Å². The third-order valence-electron chi connectivity index (χ3n) is 5.26. The lowest BCUT2D eigenvalue weighted by Crippen LogP contribution is -2.16. The summed E-state index contributed by atoms with van der Waals surface area (Å²) < 4.78 is 9.59. The number of rotatable bonds is 4. The number of nitrogens with one attached hydrogen (secondary N) is 1. The third kappa shape index (κ3) is 4.12. The molecule has 0 saturated carbocycles. The zero-order valence-electron chi connectivity index (χ0n) is 17.6. The number of para-hydroxylation sites is 1. The zero-order valence-corrected chi connectivity index (χ0v) is 20.8. The average molecular weight is 543 g/mol. The normalized spacial score (nSPS) is 11.5. The quantitative estimate of drug-likeness (QED) is 0.229. The van der Waals surface area contributed by atoms with Crippen molar-refractivity contribution in [2.75, 3.05) is 0 Å². The van der Waals surface area contributed by atoms with Crippen molar-refractivity contribution in [1.29, 1.82) is 0 Å². The van der Waals surface area contributed by atoms with Gasteiger partial charge in [-0.2, -0.15) is 5.10 Å². The van der Waals surface area contributed by atoms with Crippen molar-refractivity contribution >= 4 is 55.0 Å². The van der Waals surface area contributed by atoms with E-state index in [4.69, 9.17) is 4.42 Å². The molecule has 0 aliphatic heterocycles. The summed E-state index contributed by atoms with van der Waals surface area (Å²) >= 11 is 6.89. The second-order valence-corrected chi connectivity index (χ2v) is 9.29. The molecule has 0 fully saturated rings. The molecule has 1 amide bonds. The minimum absolute atomic E-state index is 0.201. The van der Waals surface area contributed by atoms with E-state index in [0.29, 0.717) is 5.58 Å². The SMILES string of the molecule is Cc1cccc(C)c1-n1c(C)cc(/C=N\NC(=O)c2cc3cc(Br)cc(Br)c3o2)c1C. The molecule has 2 aromatic heterocycles. The number of aryl methyl sites for hydroxylation is 3. The topological polar surface area (TPSA) is 59.5 Å². The van der Waals surface area contributed by atoms with Crippen molar-refractivity contribution in [3.63, 3.8) is 0 Å². The predicted octanol–water partition coefficient (Wildman–Crippen LogP) is 6.75. The molecule has 0 aliphatic carbocycles. The fourth-order valence-electron chi connectivity index (χ4n) is 3.82. The number of aromatic nitrogens is 1. The molecule has 0 radical (unpaired) electrons. The molecule has 5 nitrogen and oxygen atoms in total. The molecular weight excluding hydrogens is 522 g/mol. The summed E-state index contributed by atoms with van der Waals surface area (Å²) in [5, 5.41) is 4.99. The van der Waals surface area contributed by atoms with Crippen LogP contribution in [0.3, 0.4) is 0 Å². The number of carbonyl (C=O) groups is 1. The maximum absolute atomic E-state index is 12.5. The van der Waals surface area contributed by atoms with Crippen LogP contribution in [0.2, 0.25) is 0 Å². The molecule has 2 aromatic carbocycles. The van der Waals surface area contributed by atoms with Gasteiger partial charge in [0.15, 0.2) is 5.76 Å². The standard InChI is InChI=1S/C24H21Br2N3O2/c1-13-6-5-7-14(2)22(13)29-15(3)8-18(16(29)4)12-27-28-24(30)21-10-17-9-19(25)11-20(26)23(17)31-21/h5-12H,1-4H3,(H,28,30)/b27-12-. The highest BCUT2D eigenvalue weighted by atomic mass is 79.9. The Hall–Kier alpha value is -2.64. The first-order chi connectivity index (χ1) is 14.8. The number of hydrogen-bond donors (Lipinski definition) is 1. The van der Waals surface area contributed by atoms with Gasteiger partial charge in [-0.3, -0.25) is 4.79 Å². The Morgan fingerprint density at radius 2 is 1.77 bits per heavy atom. The number of nitrogens with zero attached hydrogens (tertiary/aromatic N) is 2. The van der Waals surface area contributed by atoms with E-state index in [2.05, 4.69) is 98.9 Å². The minimum Gasteiger partial charge on any atom is -0.450 e. The second kappa shape index (κ2) is 8.48.